The van der Waals surface area contributed by atoms with E-state index in [0.29, 0.717) is 41.6 Å². The van der Waals surface area contributed by atoms with Gasteiger partial charge in [-0.3, -0.25) is 4.79 Å². The summed E-state index contributed by atoms with van der Waals surface area (Å²) in [6, 6.07) is 23.3. The highest BCUT2D eigenvalue weighted by molar-refractivity contribution is 9.10. The molecule has 0 fully saturated rings. The minimum Gasteiger partial charge on any atom is -0.494 e. The number of nitrogens with zero attached hydrogens (tertiary/aromatic N) is 1. The second-order valence-electron chi connectivity index (χ2n) is 8.17. The maximum Gasteiger partial charge on any atom is 0.343 e. The highest BCUT2D eigenvalue weighted by Gasteiger charge is 2.14. The molecule has 0 aliphatic rings. The molecular formula is C30H27BrN2O6. The van der Waals surface area contributed by atoms with Crippen LogP contribution in [0.25, 0.3) is 10.8 Å². The molecule has 1 amide bonds. The normalized spacial score (nSPS) is 10.8. The average molecular weight is 591 g/mol. The van der Waals surface area contributed by atoms with Gasteiger partial charge >= 0.3 is 5.97 Å². The third kappa shape index (κ3) is 7.36. The summed E-state index contributed by atoms with van der Waals surface area (Å²) in [6.07, 6.45) is 1.46. The summed E-state index contributed by atoms with van der Waals surface area (Å²) in [4.78, 5) is 24.9. The predicted molar refractivity (Wildman–Crippen MR) is 153 cm³/mol. The van der Waals surface area contributed by atoms with Gasteiger partial charge in [-0.25, -0.2) is 10.2 Å². The Morgan fingerprint density at radius 2 is 1.59 bits per heavy atom. The molecule has 0 radical (unpaired) electrons. The topological polar surface area (TPSA) is 95.5 Å². The zero-order valence-electron chi connectivity index (χ0n) is 21.5. The number of benzene rings is 4. The molecule has 4 aromatic rings. The van der Waals surface area contributed by atoms with Gasteiger partial charge < -0.3 is 18.9 Å². The summed E-state index contributed by atoms with van der Waals surface area (Å²) in [5, 5.41) is 6.05. The van der Waals surface area contributed by atoms with E-state index in [1.165, 1.54) is 6.21 Å². The molecule has 0 atom stereocenters. The van der Waals surface area contributed by atoms with Crippen molar-refractivity contribution in [2.24, 2.45) is 5.10 Å². The largest absolute Gasteiger partial charge is 0.494 e. The highest BCUT2D eigenvalue weighted by atomic mass is 79.9. The minimum absolute atomic E-state index is 0.209. The first kappa shape index (κ1) is 27.7. The third-order valence-corrected chi connectivity index (χ3v) is 6.28. The molecule has 4 aromatic carbocycles. The van der Waals surface area contributed by atoms with E-state index in [9.17, 15) is 9.59 Å². The Labute approximate surface area is 234 Å². The van der Waals surface area contributed by atoms with Gasteiger partial charge in [0.1, 0.15) is 11.5 Å². The Bertz CT molecular complexity index is 1490. The van der Waals surface area contributed by atoms with E-state index in [1.54, 1.807) is 42.5 Å². The number of hydrogen-bond donors (Lipinski definition) is 1. The van der Waals surface area contributed by atoms with Crippen LogP contribution in [0.3, 0.4) is 0 Å². The van der Waals surface area contributed by atoms with E-state index < -0.39 is 11.9 Å². The van der Waals surface area contributed by atoms with Crippen molar-refractivity contribution in [3.63, 3.8) is 0 Å². The van der Waals surface area contributed by atoms with Crippen LogP contribution in [-0.4, -0.2) is 37.9 Å². The van der Waals surface area contributed by atoms with E-state index >= 15 is 0 Å². The van der Waals surface area contributed by atoms with Crippen LogP contribution in [0, 0.1) is 0 Å². The molecule has 0 unspecified atom stereocenters. The van der Waals surface area contributed by atoms with Gasteiger partial charge in [-0.15, -0.1) is 0 Å². The fourth-order valence-corrected chi connectivity index (χ4v) is 4.26. The van der Waals surface area contributed by atoms with Crippen LogP contribution in [-0.2, 0) is 4.79 Å². The standard InChI is InChI=1S/C30H27BrN2O6/c1-3-36-23-13-10-22(11-14-23)30(35)39-25-15-9-20(17-27(25)37-4-2)18-32-33-28(34)19-38-26-16-12-21-7-5-6-8-24(21)29(26)31/h5-18H,3-4,19H2,1-2H3,(H,33,34)/b32-18+. The summed E-state index contributed by atoms with van der Waals surface area (Å²) < 4.78 is 23.0. The zero-order valence-corrected chi connectivity index (χ0v) is 23.1. The molecule has 200 valence electrons. The Kier molecular flexibility index (Phi) is 9.53. The molecule has 9 heteroatoms. The van der Waals surface area contributed by atoms with Crippen molar-refractivity contribution in [2.45, 2.75) is 13.8 Å². The van der Waals surface area contributed by atoms with Gasteiger partial charge in [0.25, 0.3) is 5.91 Å². The van der Waals surface area contributed by atoms with Crippen molar-refractivity contribution in [1.29, 1.82) is 0 Å². The summed E-state index contributed by atoms with van der Waals surface area (Å²) in [6.45, 7) is 4.41. The number of hydrogen-bond acceptors (Lipinski definition) is 7. The summed E-state index contributed by atoms with van der Waals surface area (Å²) >= 11 is 3.54. The Morgan fingerprint density at radius 1 is 0.846 bits per heavy atom. The summed E-state index contributed by atoms with van der Waals surface area (Å²) in [7, 11) is 0. The van der Waals surface area contributed by atoms with Crippen molar-refractivity contribution in [1.82, 2.24) is 5.43 Å². The average Bonchev–Trinajstić information content (AvgIpc) is 2.95. The second kappa shape index (κ2) is 13.4. The van der Waals surface area contributed by atoms with Gasteiger partial charge in [-0.2, -0.15) is 5.10 Å². The number of esters is 1. The smallest absolute Gasteiger partial charge is 0.343 e. The summed E-state index contributed by atoms with van der Waals surface area (Å²) in [5.74, 6) is 0.934. The van der Waals surface area contributed by atoms with Gasteiger partial charge in [-0.05, 0) is 94.6 Å². The number of halogens is 1. The molecule has 39 heavy (non-hydrogen) atoms. The van der Waals surface area contributed by atoms with Crippen LogP contribution >= 0.6 is 15.9 Å². The Hall–Kier alpha value is -4.37. The molecule has 0 aliphatic heterocycles. The van der Waals surface area contributed by atoms with E-state index in [4.69, 9.17) is 18.9 Å². The maximum atomic E-state index is 12.6. The summed E-state index contributed by atoms with van der Waals surface area (Å²) in [5.41, 5.74) is 3.46. The van der Waals surface area contributed by atoms with Crippen LogP contribution in [0.15, 0.2) is 88.4 Å². The second-order valence-corrected chi connectivity index (χ2v) is 8.96. The molecule has 1 N–H and O–H groups in total. The first-order chi connectivity index (χ1) is 19.0. The predicted octanol–water partition coefficient (Wildman–Crippen LogP) is 6.15. The lowest BCUT2D eigenvalue weighted by Crippen LogP contribution is -2.24. The number of fused-ring (bicyclic) bond motifs is 1. The number of rotatable bonds is 11. The zero-order chi connectivity index (χ0) is 27.6. The van der Waals surface area contributed by atoms with Crippen molar-refractivity contribution in [2.75, 3.05) is 19.8 Å². The van der Waals surface area contributed by atoms with Gasteiger partial charge in [0.15, 0.2) is 18.1 Å². The molecule has 0 heterocycles. The van der Waals surface area contributed by atoms with Crippen molar-refractivity contribution in [3.8, 4) is 23.0 Å². The number of nitrogens with one attached hydrogen (secondary N) is 1. The molecule has 0 aromatic heterocycles. The minimum atomic E-state index is -0.522. The van der Waals surface area contributed by atoms with Crippen molar-refractivity contribution < 1.29 is 28.5 Å². The van der Waals surface area contributed by atoms with Crippen LogP contribution in [0.5, 0.6) is 23.0 Å². The first-order valence-corrected chi connectivity index (χ1v) is 13.1. The number of amides is 1. The van der Waals surface area contributed by atoms with E-state index in [0.717, 1.165) is 15.2 Å². The SMILES string of the molecule is CCOc1ccc(C(=O)Oc2ccc(/C=N/NC(=O)COc3ccc4ccccc4c3Br)cc2OCC)cc1. The van der Waals surface area contributed by atoms with Crippen LogP contribution < -0.4 is 24.4 Å². The fraction of sp³-hybridized carbons (Fsp3) is 0.167. The van der Waals surface area contributed by atoms with Crippen molar-refractivity contribution in [3.05, 3.63) is 94.5 Å². The lowest BCUT2D eigenvalue weighted by Gasteiger charge is -2.12. The van der Waals surface area contributed by atoms with Crippen molar-refractivity contribution >= 4 is 44.8 Å². The quantitative estimate of drug-likeness (QED) is 0.0974. The third-order valence-electron chi connectivity index (χ3n) is 5.46. The van der Waals surface area contributed by atoms with Gasteiger partial charge in [0, 0.05) is 0 Å². The van der Waals surface area contributed by atoms with Gasteiger partial charge in [0.05, 0.1) is 29.5 Å². The molecule has 0 saturated carbocycles. The molecule has 0 spiro atoms. The molecular weight excluding hydrogens is 564 g/mol. The van der Waals surface area contributed by atoms with Gasteiger partial charge in [-0.1, -0.05) is 30.3 Å². The van der Waals surface area contributed by atoms with Crippen LogP contribution in [0.4, 0.5) is 0 Å². The van der Waals surface area contributed by atoms with E-state index in [1.807, 2.05) is 50.2 Å². The Balaban J connectivity index is 1.34. The molecule has 0 saturated heterocycles. The Morgan fingerprint density at radius 3 is 2.36 bits per heavy atom. The number of carbonyl (C=O) groups is 2. The van der Waals surface area contributed by atoms with Crippen LogP contribution in [0.1, 0.15) is 29.8 Å². The van der Waals surface area contributed by atoms with E-state index in [-0.39, 0.29) is 12.4 Å². The lowest BCUT2D eigenvalue weighted by atomic mass is 10.1. The number of carbonyl (C=O) groups excluding carboxylic acids is 2. The molecule has 4 rings (SSSR count). The van der Waals surface area contributed by atoms with Gasteiger partial charge in [0.2, 0.25) is 0 Å². The maximum absolute atomic E-state index is 12.6. The molecule has 0 aliphatic carbocycles. The first-order valence-electron chi connectivity index (χ1n) is 12.3. The number of hydrazone groups is 1. The molecule has 0 bridgehead atoms. The van der Waals surface area contributed by atoms with E-state index in [2.05, 4.69) is 26.5 Å². The monoisotopic (exact) mass is 590 g/mol. The fourth-order valence-electron chi connectivity index (χ4n) is 3.65. The van der Waals surface area contributed by atoms with Crippen LogP contribution in [0.2, 0.25) is 0 Å². The number of ether oxygens (including phenoxy) is 4. The highest BCUT2D eigenvalue weighted by Crippen LogP contribution is 2.33. The lowest BCUT2D eigenvalue weighted by molar-refractivity contribution is -0.123. The molecule has 8 nitrogen and oxygen atoms in total.